The van der Waals surface area contributed by atoms with E-state index in [2.05, 4.69) is 43.1 Å². The summed E-state index contributed by atoms with van der Waals surface area (Å²) in [7, 11) is 0. The first kappa shape index (κ1) is 13.2. The fraction of sp³-hybridized carbons (Fsp3) is 0.400. The van der Waals surface area contributed by atoms with Crippen molar-refractivity contribution >= 4 is 11.3 Å². The molecule has 0 saturated carbocycles. The lowest BCUT2D eigenvalue weighted by atomic mass is 10.1. The van der Waals surface area contributed by atoms with Crippen LogP contribution >= 0.6 is 11.3 Å². The molecule has 0 spiro atoms. The number of benzene rings is 1. The van der Waals surface area contributed by atoms with E-state index in [-0.39, 0.29) is 6.04 Å². The minimum Gasteiger partial charge on any atom is -0.322 e. The summed E-state index contributed by atoms with van der Waals surface area (Å²) in [6.45, 7) is 4.27. The van der Waals surface area contributed by atoms with Crippen LogP contribution in [-0.2, 0) is 12.8 Å². The Balaban J connectivity index is 1.97. The fourth-order valence-corrected chi connectivity index (χ4v) is 3.07. The average molecular weight is 260 g/mol. The SMILES string of the molecule is CCc1nc(C(N)CCc2ccccc2)sc1C. The van der Waals surface area contributed by atoms with Gasteiger partial charge < -0.3 is 5.73 Å². The molecule has 0 aliphatic heterocycles. The van der Waals surface area contributed by atoms with Gasteiger partial charge in [-0.25, -0.2) is 4.98 Å². The van der Waals surface area contributed by atoms with Gasteiger partial charge in [-0.3, -0.25) is 0 Å². The van der Waals surface area contributed by atoms with Crippen molar-refractivity contribution in [2.75, 3.05) is 0 Å². The molecule has 18 heavy (non-hydrogen) atoms. The van der Waals surface area contributed by atoms with E-state index in [4.69, 9.17) is 5.73 Å². The number of hydrogen-bond acceptors (Lipinski definition) is 3. The lowest BCUT2D eigenvalue weighted by molar-refractivity contribution is 0.645. The monoisotopic (exact) mass is 260 g/mol. The maximum absolute atomic E-state index is 6.23. The molecule has 3 heteroatoms. The predicted molar refractivity (Wildman–Crippen MR) is 77.9 cm³/mol. The van der Waals surface area contributed by atoms with E-state index in [0.29, 0.717) is 0 Å². The lowest BCUT2D eigenvalue weighted by Gasteiger charge is -2.08. The van der Waals surface area contributed by atoms with E-state index in [1.165, 1.54) is 16.1 Å². The van der Waals surface area contributed by atoms with Gasteiger partial charge in [-0.1, -0.05) is 37.3 Å². The molecule has 1 atom stereocenters. The Morgan fingerprint density at radius 1 is 1.28 bits per heavy atom. The first-order valence-corrected chi connectivity index (χ1v) is 7.28. The molecule has 2 N–H and O–H groups in total. The summed E-state index contributed by atoms with van der Waals surface area (Å²) in [5.74, 6) is 0. The highest BCUT2D eigenvalue weighted by Gasteiger charge is 2.13. The molecule has 1 aromatic carbocycles. The second-order valence-corrected chi connectivity index (χ2v) is 5.77. The molecule has 0 saturated heterocycles. The third-order valence-electron chi connectivity index (χ3n) is 3.15. The van der Waals surface area contributed by atoms with Gasteiger partial charge in [-0.2, -0.15) is 0 Å². The van der Waals surface area contributed by atoms with Gasteiger partial charge in [0.1, 0.15) is 5.01 Å². The molecular weight excluding hydrogens is 240 g/mol. The topological polar surface area (TPSA) is 38.9 Å². The summed E-state index contributed by atoms with van der Waals surface area (Å²) in [4.78, 5) is 5.94. The summed E-state index contributed by atoms with van der Waals surface area (Å²) in [5.41, 5.74) is 8.77. The largest absolute Gasteiger partial charge is 0.322 e. The molecule has 0 amide bonds. The van der Waals surface area contributed by atoms with E-state index >= 15 is 0 Å². The predicted octanol–water partition coefficient (Wildman–Crippen LogP) is 3.65. The molecule has 1 unspecified atom stereocenters. The molecule has 0 aliphatic carbocycles. The van der Waals surface area contributed by atoms with Crippen molar-refractivity contribution in [1.82, 2.24) is 4.98 Å². The van der Waals surface area contributed by atoms with Crippen LogP contribution in [0.5, 0.6) is 0 Å². The first-order valence-electron chi connectivity index (χ1n) is 6.46. The summed E-state index contributed by atoms with van der Waals surface area (Å²) < 4.78 is 0. The van der Waals surface area contributed by atoms with Crippen LogP contribution < -0.4 is 5.73 Å². The van der Waals surface area contributed by atoms with Gasteiger partial charge in [0.15, 0.2) is 0 Å². The zero-order valence-electron chi connectivity index (χ0n) is 11.0. The third-order valence-corrected chi connectivity index (χ3v) is 4.29. The van der Waals surface area contributed by atoms with Crippen molar-refractivity contribution in [2.45, 2.75) is 39.2 Å². The zero-order valence-corrected chi connectivity index (χ0v) is 11.8. The minimum absolute atomic E-state index is 0.0641. The fourth-order valence-electron chi connectivity index (χ4n) is 2.03. The van der Waals surface area contributed by atoms with E-state index < -0.39 is 0 Å². The van der Waals surface area contributed by atoms with Gasteiger partial charge in [0.25, 0.3) is 0 Å². The van der Waals surface area contributed by atoms with Gasteiger partial charge in [-0.05, 0) is 31.7 Å². The van der Waals surface area contributed by atoms with Crippen molar-refractivity contribution in [3.8, 4) is 0 Å². The summed E-state index contributed by atoms with van der Waals surface area (Å²) >= 11 is 1.75. The number of nitrogens with zero attached hydrogens (tertiary/aromatic N) is 1. The highest BCUT2D eigenvalue weighted by Crippen LogP contribution is 2.25. The number of hydrogen-bond donors (Lipinski definition) is 1. The molecule has 2 nitrogen and oxygen atoms in total. The molecule has 0 radical (unpaired) electrons. The van der Waals surface area contributed by atoms with Crippen LogP contribution in [0.3, 0.4) is 0 Å². The van der Waals surface area contributed by atoms with Crippen molar-refractivity contribution in [1.29, 1.82) is 0 Å². The van der Waals surface area contributed by atoms with E-state index in [1.807, 2.05) is 6.07 Å². The molecule has 96 valence electrons. The van der Waals surface area contributed by atoms with Crippen molar-refractivity contribution in [3.05, 3.63) is 51.5 Å². The van der Waals surface area contributed by atoms with Crippen molar-refractivity contribution in [3.63, 3.8) is 0 Å². The van der Waals surface area contributed by atoms with Crippen molar-refractivity contribution in [2.24, 2.45) is 5.73 Å². The first-order chi connectivity index (χ1) is 8.70. The van der Waals surface area contributed by atoms with Gasteiger partial charge in [0, 0.05) is 4.88 Å². The zero-order chi connectivity index (χ0) is 13.0. The number of aryl methyl sites for hydroxylation is 3. The van der Waals surface area contributed by atoms with Gasteiger partial charge in [0.2, 0.25) is 0 Å². The third kappa shape index (κ3) is 3.18. The Labute approximate surface area is 113 Å². The minimum atomic E-state index is 0.0641. The van der Waals surface area contributed by atoms with Gasteiger partial charge >= 0.3 is 0 Å². The van der Waals surface area contributed by atoms with E-state index in [0.717, 1.165) is 24.3 Å². The summed E-state index contributed by atoms with van der Waals surface area (Å²) in [5, 5.41) is 1.08. The second-order valence-electron chi connectivity index (χ2n) is 4.54. The second kappa shape index (κ2) is 6.12. The van der Waals surface area contributed by atoms with Gasteiger partial charge in [0.05, 0.1) is 11.7 Å². The van der Waals surface area contributed by atoms with Crippen LogP contribution in [0.25, 0.3) is 0 Å². The standard InChI is InChI=1S/C15H20N2S/c1-3-14-11(2)18-15(17-14)13(16)10-9-12-7-5-4-6-8-12/h4-8,13H,3,9-10,16H2,1-2H3. The Morgan fingerprint density at radius 3 is 2.61 bits per heavy atom. The van der Waals surface area contributed by atoms with Crippen LogP contribution in [0.2, 0.25) is 0 Å². The number of rotatable bonds is 5. The molecule has 0 bridgehead atoms. The highest BCUT2D eigenvalue weighted by atomic mass is 32.1. The Bertz CT molecular complexity index is 490. The van der Waals surface area contributed by atoms with E-state index in [9.17, 15) is 0 Å². The average Bonchev–Trinajstić information content (AvgIpc) is 2.78. The summed E-state index contributed by atoms with van der Waals surface area (Å²) in [6, 6.07) is 10.6. The Morgan fingerprint density at radius 2 is 2.00 bits per heavy atom. The molecular formula is C15H20N2S. The van der Waals surface area contributed by atoms with Crippen LogP contribution in [0.4, 0.5) is 0 Å². The lowest BCUT2D eigenvalue weighted by Crippen LogP contribution is -2.11. The Hall–Kier alpha value is -1.19. The van der Waals surface area contributed by atoms with Crippen LogP contribution in [-0.4, -0.2) is 4.98 Å². The van der Waals surface area contributed by atoms with E-state index in [1.54, 1.807) is 11.3 Å². The molecule has 1 heterocycles. The number of aromatic nitrogens is 1. The van der Waals surface area contributed by atoms with Gasteiger partial charge in [-0.15, -0.1) is 11.3 Å². The molecule has 0 aliphatic rings. The Kier molecular flexibility index (Phi) is 4.50. The quantitative estimate of drug-likeness (QED) is 0.891. The molecule has 1 aromatic heterocycles. The maximum atomic E-state index is 6.23. The van der Waals surface area contributed by atoms with Crippen LogP contribution in [0.15, 0.2) is 30.3 Å². The molecule has 2 rings (SSSR count). The van der Waals surface area contributed by atoms with Crippen molar-refractivity contribution < 1.29 is 0 Å². The molecule has 0 fully saturated rings. The summed E-state index contributed by atoms with van der Waals surface area (Å²) in [6.07, 6.45) is 2.97. The normalized spacial score (nSPS) is 12.6. The maximum Gasteiger partial charge on any atom is 0.110 e. The molecule has 2 aromatic rings. The number of thiazole rings is 1. The highest BCUT2D eigenvalue weighted by molar-refractivity contribution is 7.11. The number of nitrogens with two attached hydrogens (primary N) is 1. The van der Waals surface area contributed by atoms with Crippen LogP contribution in [0.1, 0.15) is 40.5 Å². The van der Waals surface area contributed by atoms with Crippen LogP contribution in [0, 0.1) is 6.92 Å². The smallest absolute Gasteiger partial charge is 0.110 e.